The standard InChI is InChI=1S/C22H23N3O3/c1-14-5-6-18-16(12-14)21(27)17(13-24-18)22(28)25-10-7-15(8-11-25)20(26)19-4-2-3-9-23-19/h2-6,9,12-13,15,20,26H,7-8,10-11H2,1H3,(H,24,27)/t20-/m0/s1. The van der Waals surface area contributed by atoms with Crippen molar-refractivity contribution in [3.63, 3.8) is 0 Å². The number of aliphatic hydroxyl groups excluding tert-OH is 1. The highest BCUT2D eigenvalue weighted by atomic mass is 16.3. The van der Waals surface area contributed by atoms with Crippen LogP contribution in [-0.4, -0.2) is 39.0 Å². The van der Waals surface area contributed by atoms with Crippen LogP contribution < -0.4 is 5.43 Å². The summed E-state index contributed by atoms with van der Waals surface area (Å²) in [6, 6.07) is 11.1. The molecule has 2 aromatic heterocycles. The summed E-state index contributed by atoms with van der Waals surface area (Å²) in [5.74, 6) is -0.202. The first kappa shape index (κ1) is 18.4. The molecular weight excluding hydrogens is 354 g/mol. The van der Waals surface area contributed by atoms with Crippen LogP contribution in [0.1, 0.15) is 40.6 Å². The first-order valence-corrected chi connectivity index (χ1v) is 9.55. The summed E-state index contributed by atoms with van der Waals surface area (Å²) in [5, 5.41) is 11.1. The van der Waals surface area contributed by atoms with Crippen LogP contribution in [0.2, 0.25) is 0 Å². The average Bonchev–Trinajstić information content (AvgIpc) is 2.74. The van der Waals surface area contributed by atoms with Gasteiger partial charge in [0.05, 0.1) is 11.8 Å². The predicted molar refractivity (Wildman–Crippen MR) is 107 cm³/mol. The van der Waals surface area contributed by atoms with Gasteiger partial charge in [-0.1, -0.05) is 17.7 Å². The van der Waals surface area contributed by atoms with Crippen molar-refractivity contribution in [3.05, 3.63) is 75.8 Å². The quantitative estimate of drug-likeness (QED) is 0.735. The van der Waals surface area contributed by atoms with Gasteiger partial charge in [-0.15, -0.1) is 0 Å². The second-order valence-electron chi connectivity index (χ2n) is 7.41. The van der Waals surface area contributed by atoms with Crippen LogP contribution in [0.3, 0.4) is 0 Å². The lowest BCUT2D eigenvalue weighted by Crippen LogP contribution is -2.41. The highest BCUT2D eigenvalue weighted by molar-refractivity contribution is 5.97. The zero-order valence-electron chi connectivity index (χ0n) is 15.8. The molecule has 1 fully saturated rings. The number of benzene rings is 1. The molecule has 1 aromatic carbocycles. The number of aromatic nitrogens is 2. The molecule has 0 bridgehead atoms. The number of aromatic amines is 1. The third-order valence-corrected chi connectivity index (χ3v) is 5.53. The molecule has 1 amide bonds. The summed E-state index contributed by atoms with van der Waals surface area (Å²) in [7, 11) is 0. The number of fused-ring (bicyclic) bond motifs is 1. The summed E-state index contributed by atoms with van der Waals surface area (Å²) in [6.07, 6.45) is 3.90. The van der Waals surface area contributed by atoms with Crippen LogP contribution in [0.25, 0.3) is 10.9 Å². The maximum Gasteiger partial charge on any atom is 0.259 e. The lowest BCUT2D eigenvalue weighted by Gasteiger charge is -2.34. The Bertz CT molecular complexity index is 1050. The van der Waals surface area contributed by atoms with E-state index in [0.717, 1.165) is 11.1 Å². The van der Waals surface area contributed by atoms with Crippen molar-refractivity contribution in [3.8, 4) is 0 Å². The number of piperidine rings is 1. The summed E-state index contributed by atoms with van der Waals surface area (Å²) in [6.45, 7) is 2.95. The number of aliphatic hydroxyl groups is 1. The highest BCUT2D eigenvalue weighted by Gasteiger charge is 2.30. The maximum absolute atomic E-state index is 12.9. The third-order valence-electron chi connectivity index (χ3n) is 5.53. The van der Waals surface area contributed by atoms with E-state index in [2.05, 4.69) is 9.97 Å². The molecule has 1 saturated heterocycles. The van der Waals surface area contributed by atoms with Crippen molar-refractivity contribution in [2.45, 2.75) is 25.9 Å². The molecule has 2 N–H and O–H groups in total. The van der Waals surface area contributed by atoms with Gasteiger partial charge < -0.3 is 15.0 Å². The Labute approximate surface area is 162 Å². The van der Waals surface area contributed by atoms with Gasteiger partial charge in [0.2, 0.25) is 5.43 Å². The minimum Gasteiger partial charge on any atom is -0.387 e. The van der Waals surface area contributed by atoms with Crippen LogP contribution in [-0.2, 0) is 0 Å². The molecule has 1 atom stereocenters. The highest BCUT2D eigenvalue weighted by Crippen LogP contribution is 2.30. The van der Waals surface area contributed by atoms with Crippen molar-refractivity contribution >= 4 is 16.8 Å². The van der Waals surface area contributed by atoms with Crippen molar-refractivity contribution < 1.29 is 9.90 Å². The van der Waals surface area contributed by atoms with E-state index in [0.29, 0.717) is 37.0 Å². The summed E-state index contributed by atoms with van der Waals surface area (Å²) in [4.78, 5) is 34.7. The average molecular weight is 377 g/mol. The first-order chi connectivity index (χ1) is 13.5. The number of amides is 1. The number of rotatable bonds is 3. The van der Waals surface area contributed by atoms with Crippen LogP contribution in [0.15, 0.2) is 53.6 Å². The molecule has 28 heavy (non-hydrogen) atoms. The van der Waals surface area contributed by atoms with E-state index in [4.69, 9.17) is 0 Å². The molecule has 4 rings (SSSR count). The number of hydrogen-bond donors (Lipinski definition) is 2. The molecule has 0 spiro atoms. The van der Waals surface area contributed by atoms with Gasteiger partial charge in [-0.3, -0.25) is 14.6 Å². The Morgan fingerprint density at radius 3 is 2.75 bits per heavy atom. The zero-order valence-corrected chi connectivity index (χ0v) is 15.8. The minimum atomic E-state index is -0.634. The van der Waals surface area contributed by atoms with Crippen LogP contribution in [0.4, 0.5) is 0 Å². The molecule has 1 aliphatic rings. The number of carbonyl (C=O) groups excluding carboxylic acids is 1. The fraction of sp³-hybridized carbons (Fsp3) is 0.318. The molecular formula is C22H23N3O3. The van der Waals surface area contributed by atoms with Gasteiger partial charge in [0.15, 0.2) is 0 Å². The number of H-pyrrole nitrogens is 1. The van der Waals surface area contributed by atoms with Crippen LogP contribution >= 0.6 is 0 Å². The predicted octanol–water partition coefficient (Wildman–Crippen LogP) is 2.82. The van der Waals surface area contributed by atoms with E-state index < -0.39 is 6.10 Å². The number of aryl methyl sites for hydroxylation is 1. The normalized spacial score (nSPS) is 16.3. The van der Waals surface area contributed by atoms with E-state index in [1.807, 2.05) is 37.3 Å². The molecule has 1 aliphatic heterocycles. The second kappa shape index (κ2) is 7.56. The van der Waals surface area contributed by atoms with Gasteiger partial charge in [-0.2, -0.15) is 0 Å². The number of carbonyl (C=O) groups is 1. The maximum atomic E-state index is 12.9. The molecule has 6 heteroatoms. The van der Waals surface area contributed by atoms with E-state index >= 15 is 0 Å². The van der Waals surface area contributed by atoms with Gasteiger partial charge >= 0.3 is 0 Å². The summed E-state index contributed by atoms with van der Waals surface area (Å²) in [5.41, 5.74) is 2.30. The van der Waals surface area contributed by atoms with Gasteiger partial charge in [0, 0.05) is 36.4 Å². The van der Waals surface area contributed by atoms with Gasteiger partial charge in [-0.25, -0.2) is 0 Å². The monoisotopic (exact) mass is 377 g/mol. The Hall–Kier alpha value is -2.99. The summed E-state index contributed by atoms with van der Waals surface area (Å²) >= 11 is 0. The van der Waals surface area contributed by atoms with E-state index in [9.17, 15) is 14.7 Å². The molecule has 3 aromatic rings. The van der Waals surface area contributed by atoms with Crippen molar-refractivity contribution in [1.82, 2.24) is 14.9 Å². The Morgan fingerprint density at radius 2 is 2.04 bits per heavy atom. The smallest absolute Gasteiger partial charge is 0.259 e. The van der Waals surface area contributed by atoms with E-state index in [1.165, 1.54) is 6.20 Å². The van der Waals surface area contributed by atoms with Crippen molar-refractivity contribution in [2.24, 2.45) is 5.92 Å². The number of hydrogen-bond acceptors (Lipinski definition) is 4. The number of pyridine rings is 2. The van der Waals surface area contributed by atoms with Crippen molar-refractivity contribution in [2.75, 3.05) is 13.1 Å². The van der Waals surface area contributed by atoms with Crippen LogP contribution in [0, 0.1) is 12.8 Å². The number of nitrogens with zero attached hydrogens (tertiary/aromatic N) is 2. The van der Waals surface area contributed by atoms with Gasteiger partial charge in [0.25, 0.3) is 5.91 Å². The molecule has 0 aliphatic carbocycles. The number of nitrogens with one attached hydrogen (secondary N) is 1. The second-order valence-corrected chi connectivity index (χ2v) is 7.41. The SMILES string of the molecule is Cc1ccc2[nH]cc(C(=O)N3CCC([C@H](O)c4ccccn4)CC3)c(=O)c2c1. The topological polar surface area (TPSA) is 86.3 Å². The Balaban J connectivity index is 1.49. The first-order valence-electron chi connectivity index (χ1n) is 9.55. The van der Waals surface area contributed by atoms with Gasteiger partial charge in [-0.05, 0) is 49.9 Å². The Morgan fingerprint density at radius 1 is 1.25 bits per heavy atom. The zero-order chi connectivity index (χ0) is 19.7. The largest absolute Gasteiger partial charge is 0.387 e. The van der Waals surface area contributed by atoms with E-state index in [1.54, 1.807) is 17.2 Å². The van der Waals surface area contributed by atoms with Gasteiger partial charge in [0.1, 0.15) is 5.56 Å². The molecule has 0 unspecified atom stereocenters. The third kappa shape index (κ3) is 3.43. The van der Waals surface area contributed by atoms with Crippen molar-refractivity contribution in [1.29, 1.82) is 0 Å². The molecule has 6 nitrogen and oxygen atoms in total. The fourth-order valence-electron chi connectivity index (χ4n) is 3.87. The molecule has 144 valence electrons. The fourth-order valence-corrected chi connectivity index (χ4v) is 3.87. The molecule has 0 saturated carbocycles. The van der Waals surface area contributed by atoms with Crippen LogP contribution in [0.5, 0.6) is 0 Å². The van der Waals surface area contributed by atoms with E-state index in [-0.39, 0.29) is 22.8 Å². The minimum absolute atomic E-state index is 0.0523. The number of likely N-dealkylation sites (tertiary alicyclic amines) is 1. The Kier molecular flexibility index (Phi) is 4.96. The lowest BCUT2D eigenvalue weighted by atomic mass is 9.89. The molecule has 3 heterocycles. The summed E-state index contributed by atoms with van der Waals surface area (Å²) < 4.78 is 0. The lowest BCUT2D eigenvalue weighted by molar-refractivity contribution is 0.0446. The molecule has 0 radical (unpaired) electrons.